The van der Waals surface area contributed by atoms with Gasteiger partial charge in [0.15, 0.2) is 0 Å². The molecule has 0 unspecified atom stereocenters. The summed E-state index contributed by atoms with van der Waals surface area (Å²) >= 11 is 0. The Morgan fingerprint density at radius 2 is 1.83 bits per heavy atom. The van der Waals surface area contributed by atoms with Crippen molar-refractivity contribution in [3.05, 3.63) is 29.8 Å². The van der Waals surface area contributed by atoms with E-state index in [0.29, 0.717) is 25.6 Å². The SMILES string of the molecule is CC(C)CCOCCOc1ccc(CC#N)cc1. The fourth-order valence-electron chi connectivity index (χ4n) is 1.43. The predicted octanol–water partition coefficient (Wildman–Crippen LogP) is 3.19. The molecule has 0 saturated heterocycles. The van der Waals surface area contributed by atoms with Crippen LogP contribution in [0.15, 0.2) is 24.3 Å². The van der Waals surface area contributed by atoms with Crippen molar-refractivity contribution in [1.29, 1.82) is 5.26 Å². The first-order valence-corrected chi connectivity index (χ1v) is 6.39. The summed E-state index contributed by atoms with van der Waals surface area (Å²) in [6.07, 6.45) is 1.53. The molecule has 0 aliphatic heterocycles. The van der Waals surface area contributed by atoms with E-state index in [1.165, 1.54) is 0 Å². The molecule has 0 bridgehead atoms. The summed E-state index contributed by atoms with van der Waals surface area (Å²) < 4.78 is 11.0. The average Bonchev–Trinajstić information content (AvgIpc) is 2.35. The van der Waals surface area contributed by atoms with E-state index in [9.17, 15) is 0 Å². The van der Waals surface area contributed by atoms with E-state index in [2.05, 4.69) is 19.9 Å². The highest BCUT2D eigenvalue weighted by Gasteiger charge is 1.97. The van der Waals surface area contributed by atoms with Gasteiger partial charge < -0.3 is 9.47 Å². The molecule has 18 heavy (non-hydrogen) atoms. The number of benzene rings is 1. The van der Waals surface area contributed by atoms with Crippen molar-refractivity contribution >= 4 is 0 Å². The van der Waals surface area contributed by atoms with Crippen LogP contribution in [0.25, 0.3) is 0 Å². The van der Waals surface area contributed by atoms with Crippen LogP contribution in [0, 0.1) is 17.2 Å². The molecule has 0 aliphatic carbocycles. The highest BCUT2D eigenvalue weighted by atomic mass is 16.5. The second kappa shape index (κ2) is 8.54. The fraction of sp³-hybridized carbons (Fsp3) is 0.533. The first-order valence-electron chi connectivity index (χ1n) is 6.39. The van der Waals surface area contributed by atoms with Crippen molar-refractivity contribution in [3.8, 4) is 11.8 Å². The van der Waals surface area contributed by atoms with Crippen LogP contribution in [-0.4, -0.2) is 19.8 Å². The Morgan fingerprint density at radius 3 is 2.44 bits per heavy atom. The van der Waals surface area contributed by atoms with Crippen LogP contribution in [-0.2, 0) is 11.2 Å². The summed E-state index contributed by atoms with van der Waals surface area (Å²) in [6.45, 7) is 6.34. The van der Waals surface area contributed by atoms with Gasteiger partial charge in [0.05, 0.1) is 19.1 Å². The van der Waals surface area contributed by atoms with Crippen molar-refractivity contribution in [2.24, 2.45) is 5.92 Å². The lowest BCUT2D eigenvalue weighted by molar-refractivity contribution is 0.0926. The summed E-state index contributed by atoms with van der Waals surface area (Å²) in [6, 6.07) is 9.73. The Kier molecular flexibility index (Phi) is 6.90. The van der Waals surface area contributed by atoms with Crippen LogP contribution in [0.3, 0.4) is 0 Å². The molecule has 0 fully saturated rings. The maximum absolute atomic E-state index is 8.55. The molecule has 0 saturated carbocycles. The van der Waals surface area contributed by atoms with Gasteiger partial charge in [0.25, 0.3) is 0 Å². The van der Waals surface area contributed by atoms with Crippen LogP contribution in [0.4, 0.5) is 0 Å². The lowest BCUT2D eigenvalue weighted by atomic mass is 10.1. The molecule has 3 nitrogen and oxygen atoms in total. The molecule has 3 heteroatoms. The van der Waals surface area contributed by atoms with Crippen molar-refractivity contribution in [2.75, 3.05) is 19.8 Å². The monoisotopic (exact) mass is 247 g/mol. The smallest absolute Gasteiger partial charge is 0.119 e. The zero-order chi connectivity index (χ0) is 13.2. The maximum atomic E-state index is 8.55. The second-order valence-corrected chi connectivity index (χ2v) is 4.62. The van der Waals surface area contributed by atoms with E-state index in [1.54, 1.807) is 0 Å². The molecule has 0 aliphatic rings. The molecule has 98 valence electrons. The van der Waals surface area contributed by atoms with E-state index >= 15 is 0 Å². The lowest BCUT2D eigenvalue weighted by Crippen LogP contribution is -2.08. The molecule has 0 atom stereocenters. The minimum absolute atomic E-state index is 0.443. The second-order valence-electron chi connectivity index (χ2n) is 4.62. The molecule has 0 spiro atoms. The van der Waals surface area contributed by atoms with Crippen molar-refractivity contribution in [1.82, 2.24) is 0 Å². The largest absolute Gasteiger partial charge is 0.491 e. The van der Waals surface area contributed by atoms with Gasteiger partial charge >= 0.3 is 0 Å². The third kappa shape index (κ3) is 6.27. The number of nitriles is 1. The third-order valence-electron chi connectivity index (χ3n) is 2.54. The zero-order valence-corrected chi connectivity index (χ0v) is 11.2. The minimum atomic E-state index is 0.443. The number of ether oxygens (including phenoxy) is 2. The highest BCUT2D eigenvalue weighted by Crippen LogP contribution is 2.12. The van der Waals surface area contributed by atoms with E-state index in [0.717, 1.165) is 24.3 Å². The van der Waals surface area contributed by atoms with Crippen molar-refractivity contribution < 1.29 is 9.47 Å². The van der Waals surface area contributed by atoms with Crippen LogP contribution in [0.1, 0.15) is 25.8 Å². The van der Waals surface area contributed by atoms with Gasteiger partial charge in [0.2, 0.25) is 0 Å². The summed E-state index contributed by atoms with van der Waals surface area (Å²) in [5.41, 5.74) is 1.01. The fourth-order valence-corrected chi connectivity index (χ4v) is 1.43. The quantitative estimate of drug-likeness (QED) is 0.662. The number of nitrogens with zero attached hydrogens (tertiary/aromatic N) is 1. The van der Waals surface area contributed by atoms with E-state index < -0.39 is 0 Å². The van der Waals surface area contributed by atoms with Gasteiger partial charge in [0.1, 0.15) is 12.4 Å². The zero-order valence-electron chi connectivity index (χ0n) is 11.2. The topological polar surface area (TPSA) is 42.2 Å². The Labute approximate surface area is 109 Å². The van der Waals surface area contributed by atoms with Crippen molar-refractivity contribution in [2.45, 2.75) is 26.7 Å². The number of hydrogen-bond donors (Lipinski definition) is 0. The Bertz CT molecular complexity index is 365. The Morgan fingerprint density at radius 1 is 1.11 bits per heavy atom. The molecule has 1 aromatic rings. The van der Waals surface area contributed by atoms with Gasteiger partial charge in [-0.2, -0.15) is 5.26 Å². The first-order chi connectivity index (χ1) is 8.72. The standard InChI is InChI=1S/C15H21NO2/c1-13(2)8-10-17-11-12-18-15-5-3-14(4-6-15)7-9-16/h3-6,13H,7-8,10-12H2,1-2H3. The van der Waals surface area contributed by atoms with Gasteiger partial charge in [-0.3, -0.25) is 0 Å². The molecule has 0 heterocycles. The lowest BCUT2D eigenvalue weighted by Gasteiger charge is -2.08. The van der Waals surface area contributed by atoms with Gasteiger partial charge in [-0.15, -0.1) is 0 Å². The Balaban J connectivity index is 2.14. The first kappa shape index (κ1) is 14.5. The Hall–Kier alpha value is -1.53. The van der Waals surface area contributed by atoms with Crippen LogP contribution >= 0.6 is 0 Å². The summed E-state index contributed by atoms with van der Waals surface area (Å²) in [4.78, 5) is 0. The maximum Gasteiger partial charge on any atom is 0.119 e. The molecular formula is C15H21NO2. The molecular weight excluding hydrogens is 226 g/mol. The molecule has 0 aromatic heterocycles. The molecule has 0 N–H and O–H groups in total. The molecule has 0 radical (unpaired) electrons. The highest BCUT2D eigenvalue weighted by molar-refractivity contribution is 5.28. The van der Waals surface area contributed by atoms with Crippen LogP contribution in [0.5, 0.6) is 5.75 Å². The van der Waals surface area contributed by atoms with Gasteiger partial charge in [-0.05, 0) is 30.0 Å². The minimum Gasteiger partial charge on any atom is -0.491 e. The average molecular weight is 247 g/mol. The number of hydrogen-bond acceptors (Lipinski definition) is 3. The molecule has 1 aromatic carbocycles. The molecule has 1 rings (SSSR count). The molecule has 0 amide bonds. The van der Waals surface area contributed by atoms with E-state index in [-0.39, 0.29) is 0 Å². The predicted molar refractivity (Wildman–Crippen MR) is 71.5 cm³/mol. The van der Waals surface area contributed by atoms with Gasteiger partial charge in [-0.1, -0.05) is 26.0 Å². The van der Waals surface area contributed by atoms with Gasteiger partial charge in [0, 0.05) is 6.61 Å². The van der Waals surface area contributed by atoms with Crippen LogP contribution in [0.2, 0.25) is 0 Å². The summed E-state index contributed by atoms with van der Waals surface area (Å²) in [5, 5.41) is 8.55. The third-order valence-corrected chi connectivity index (χ3v) is 2.54. The number of rotatable bonds is 8. The van der Waals surface area contributed by atoms with Gasteiger partial charge in [-0.25, -0.2) is 0 Å². The summed E-state index contributed by atoms with van der Waals surface area (Å²) in [5.74, 6) is 1.50. The van der Waals surface area contributed by atoms with Crippen molar-refractivity contribution in [3.63, 3.8) is 0 Å². The van der Waals surface area contributed by atoms with E-state index in [4.69, 9.17) is 14.7 Å². The summed E-state index contributed by atoms with van der Waals surface area (Å²) in [7, 11) is 0. The normalized spacial score (nSPS) is 10.3. The van der Waals surface area contributed by atoms with Crippen LogP contribution < -0.4 is 4.74 Å². The van der Waals surface area contributed by atoms with E-state index in [1.807, 2.05) is 24.3 Å².